The van der Waals surface area contributed by atoms with E-state index < -0.39 is 0 Å². The van der Waals surface area contributed by atoms with Gasteiger partial charge in [-0.1, -0.05) is 45.0 Å². The molecule has 0 bridgehead atoms. The molecule has 3 nitrogen and oxygen atoms in total. The van der Waals surface area contributed by atoms with Gasteiger partial charge in [0.25, 0.3) is 0 Å². The van der Waals surface area contributed by atoms with Crippen LogP contribution in [-0.2, 0) is 17.9 Å². The summed E-state index contributed by atoms with van der Waals surface area (Å²) < 4.78 is 0. The highest BCUT2D eigenvalue weighted by molar-refractivity contribution is 5.76. The lowest BCUT2D eigenvalue weighted by Gasteiger charge is -2.17. The summed E-state index contributed by atoms with van der Waals surface area (Å²) in [6.07, 6.45) is 0.561. The molecule has 1 aromatic carbocycles. The number of nitrogens with zero attached hydrogens (tertiary/aromatic N) is 1. The highest BCUT2D eigenvalue weighted by Crippen LogP contribution is 2.17. The van der Waals surface area contributed by atoms with E-state index in [9.17, 15) is 4.79 Å². The number of nitrogens with one attached hydrogen (secondary N) is 1. The predicted octanol–water partition coefficient (Wildman–Crippen LogP) is 2.80. The minimum Gasteiger partial charge on any atom is -0.352 e. The number of carbonyl (C=O) groups excluding carboxylic acids is 1. The maximum absolute atomic E-state index is 11.7. The average Bonchev–Trinajstić information content (AvgIpc) is 2.25. The number of rotatable bonds is 5. The first kappa shape index (κ1) is 15.7. The molecule has 1 N–H and O–H groups in total. The van der Waals surface area contributed by atoms with E-state index in [1.54, 1.807) is 0 Å². The van der Waals surface area contributed by atoms with Gasteiger partial charge in [-0.05, 0) is 30.6 Å². The van der Waals surface area contributed by atoms with E-state index in [4.69, 9.17) is 0 Å². The van der Waals surface area contributed by atoms with E-state index in [1.165, 1.54) is 5.56 Å². The summed E-state index contributed by atoms with van der Waals surface area (Å²) >= 11 is 0. The maximum Gasteiger partial charge on any atom is 0.220 e. The summed E-state index contributed by atoms with van der Waals surface area (Å²) in [4.78, 5) is 13.9. The molecule has 0 saturated carbocycles. The largest absolute Gasteiger partial charge is 0.352 e. The highest BCUT2D eigenvalue weighted by Gasteiger charge is 2.15. The van der Waals surface area contributed by atoms with Crippen molar-refractivity contribution in [2.24, 2.45) is 5.41 Å². The molecule has 0 spiro atoms. The Morgan fingerprint density at radius 2 is 1.63 bits per heavy atom. The van der Waals surface area contributed by atoms with Gasteiger partial charge in [-0.25, -0.2) is 0 Å². The lowest BCUT2D eigenvalue weighted by atomic mass is 9.92. The van der Waals surface area contributed by atoms with Crippen LogP contribution in [0.5, 0.6) is 0 Å². The molecule has 1 rings (SSSR count). The van der Waals surface area contributed by atoms with Crippen LogP contribution in [0.15, 0.2) is 24.3 Å². The van der Waals surface area contributed by atoms with Crippen LogP contribution in [-0.4, -0.2) is 24.9 Å². The molecule has 19 heavy (non-hydrogen) atoms. The van der Waals surface area contributed by atoms with Crippen LogP contribution in [0.1, 0.15) is 38.3 Å². The zero-order valence-corrected chi connectivity index (χ0v) is 12.8. The smallest absolute Gasteiger partial charge is 0.220 e. The monoisotopic (exact) mass is 262 g/mol. The van der Waals surface area contributed by atoms with Crippen molar-refractivity contribution in [3.05, 3.63) is 35.4 Å². The van der Waals surface area contributed by atoms with Crippen LogP contribution in [0.2, 0.25) is 0 Å². The van der Waals surface area contributed by atoms with Crippen molar-refractivity contribution >= 4 is 5.91 Å². The molecule has 0 fully saturated rings. The quantitative estimate of drug-likeness (QED) is 0.885. The number of carbonyl (C=O) groups is 1. The average molecular weight is 262 g/mol. The molecule has 0 saturated heterocycles. The van der Waals surface area contributed by atoms with Crippen molar-refractivity contribution in [1.82, 2.24) is 10.2 Å². The fourth-order valence-electron chi connectivity index (χ4n) is 1.87. The first-order valence-electron chi connectivity index (χ1n) is 6.75. The van der Waals surface area contributed by atoms with Crippen molar-refractivity contribution < 1.29 is 4.79 Å². The Hall–Kier alpha value is -1.35. The van der Waals surface area contributed by atoms with E-state index in [1.807, 2.05) is 0 Å². The van der Waals surface area contributed by atoms with Crippen LogP contribution < -0.4 is 5.32 Å². The standard InChI is InChI=1S/C16H26N2O/c1-16(2,3)10-15(19)17-11-13-6-8-14(9-7-13)12-18(4)5/h6-9H,10-12H2,1-5H3,(H,17,19). The predicted molar refractivity (Wildman–Crippen MR) is 79.8 cm³/mol. The number of benzene rings is 1. The molecule has 0 atom stereocenters. The molecule has 3 heteroatoms. The molecule has 0 aliphatic heterocycles. The van der Waals surface area contributed by atoms with Gasteiger partial charge in [0.05, 0.1) is 0 Å². The van der Waals surface area contributed by atoms with Gasteiger partial charge in [0.15, 0.2) is 0 Å². The van der Waals surface area contributed by atoms with E-state index >= 15 is 0 Å². The van der Waals surface area contributed by atoms with Gasteiger partial charge in [-0.2, -0.15) is 0 Å². The van der Waals surface area contributed by atoms with E-state index in [2.05, 4.69) is 69.3 Å². The SMILES string of the molecule is CN(C)Cc1ccc(CNC(=O)CC(C)(C)C)cc1. The number of amides is 1. The Morgan fingerprint density at radius 1 is 1.11 bits per heavy atom. The van der Waals surface area contributed by atoms with Crippen molar-refractivity contribution in [3.8, 4) is 0 Å². The second kappa shape index (κ2) is 6.71. The third kappa shape index (κ3) is 6.97. The minimum atomic E-state index is 0.0413. The Balaban J connectivity index is 2.44. The van der Waals surface area contributed by atoms with Gasteiger partial charge in [0, 0.05) is 19.5 Å². The minimum absolute atomic E-state index is 0.0413. The summed E-state index contributed by atoms with van der Waals surface area (Å²) in [5.74, 6) is 0.116. The Labute approximate surface area is 117 Å². The summed E-state index contributed by atoms with van der Waals surface area (Å²) in [6.45, 7) is 7.77. The second-order valence-electron chi connectivity index (χ2n) is 6.57. The molecule has 0 radical (unpaired) electrons. The van der Waals surface area contributed by atoms with Gasteiger partial charge in [0.2, 0.25) is 5.91 Å². The van der Waals surface area contributed by atoms with Crippen molar-refractivity contribution in [3.63, 3.8) is 0 Å². The summed E-state index contributed by atoms with van der Waals surface area (Å²) in [6, 6.07) is 8.39. The van der Waals surface area contributed by atoms with Crippen LogP contribution in [0.3, 0.4) is 0 Å². The van der Waals surface area contributed by atoms with Crippen molar-refractivity contribution in [1.29, 1.82) is 0 Å². The molecule has 0 aliphatic rings. The molecule has 1 amide bonds. The molecule has 0 aromatic heterocycles. The van der Waals surface area contributed by atoms with E-state index in [0.717, 1.165) is 12.1 Å². The van der Waals surface area contributed by atoms with Gasteiger partial charge in [0.1, 0.15) is 0 Å². The third-order valence-corrected chi connectivity index (χ3v) is 2.70. The molecule has 0 aliphatic carbocycles. The van der Waals surface area contributed by atoms with Gasteiger partial charge in [-0.15, -0.1) is 0 Å². The van der Waals surface area contributed by atoms with Crippen LogP contribution >= 0.6 is 0 Å². The van der Waals surface area contributed by atoms with Gasteiger partial charge < -0.3 is 10.2 Å². The lowest BCUT2D eigenvalue weighted by Crippen LogP contribution is -2.27. The molecular formula is C16H26N2O. The molecule has 106 valence electrons. The second-order valence-corrected chi connectivity index (χ2v) is 6.57. The lowest BCUT2D eigenvalue weighted by molar-refractivity contribution is -0.122. The Morgan fingerprint density at radius 3 is 2.11 bits per heavy atom. The highest BCUT2D eigenvalue weighted by atomic mass is 16.1. The van der Waals surface area contributed by atoms with Crippen LogP contribution in [0.25, 0.3) is 0 Å². The first-order chi connectivity index (χ1) is 8.76. The van der Waals surface area contributed by atoms with Gasteiger partial charge >= 0.3 is 0 Å². The third-order valence-electron chi connectivity index (χ3n) is 2.70. The zero-order valence-electron chi connectivity index (χ0n) is 12.8. The maximum atomic E-state index is 11.7. The Bertz CT molecular complexity index is 402. The van der Waals surface area contributed by atoms with Gasteiger partial charge in [-0.3, -0.25) is 4.79 Å². The normalized spacial score (nSPS) is 11.7. The fourth-order valence-corrected chi connectivity index (χ4v) is 1.87. The van der Waals surface area contributed by atoms with E-state index in [0.29, 0.717) is 13.0 Å². The summed E-state index contributed by atoms with van der Waals surface area (Å²) in [7, 11) is 4.11. The fraction of sp³-hybridized carbons (Fsp3) is 0.562. The summed E-state index contributed by atoms with van der Waals surface area (Å²) in [5.41, 5.74) is 2.47. The van der Waals surface area contributed by atoms with E-state index in [-0.39, 0.29) is 11.3 Å². The zero-order chi connectivity index (χ0) is 14.5. The van der Waals surface area contributed by atoms with Crippen molar-refractivity contribution in [2.45, 2.75) is 40.3 Å². The first-order valence-corrected chi connectivity index (χ1v) is 6.75. The number of hydrogen-bond donors (Lipinski definition) is 1. The van der Waals surface area contributed by atoms with Crippen molar-refractivity contribution in [2.75, 3.05) is 14.1 Å². The summed E-state index contributed by atoms with van der Waals surface area (Å²) in [5, 5.41) is 2.97. The molecule has 0 heterocycles. The number of hydrogen-bond acceptors (Lipinski definition) is 2. The molecule has 1 aromatic rings. The van der Waals surface area contributed by atoms with Crippen LogP contribution in [0, 0.1) is 5.41 Å². The van der Waals surface area contributed by atoms with Crippen LogP contribution in [0.4, 0.5) is 0 Å². The topological polar surface area (TPSA) is 32.3 Å². The molecule has 0 unspecified atom stereocenters. The molecular weight excluding hydrogens is 236 g/mol. The Kier molecular flexibility index (Phi) is 5.55.